The predicted octanol–water partition coefficient (Wildman–Crippen LogP) is 13.2. The molecule has 0 atom stereocenters. The summed E-state index contributed by atoms with van der Waals surface area (Å²) >= 11 is 0. The SMILES string of the molecule is c1ccc(-c2ccc(-c3cccc(-c4cccc(-c5nc(-c6ccccc6)nc(-n6c7ccccc7c7ccc8c9ccccc9oc8c76)n5)c4)c3)cc2)cc1. The Labute approximate surface area is 322 Å². The highest BCUT2D eigenvalue weighted by Gasteiger charge is 2.22. The number of aromatic nitrogens is 4. The molecular weight excluding hydrogens is 685 g/mol. The molecule has 3 heterocycles. The van der Waals surface area contributed by atoms with Crippen molar-refractivity contribution >= 4 is 43.7 Å². The lowest BCUT2D eigenvalue weighted by Gasteiger charge is -2.12. The first-order valence-corrected chi connectivity index (χ1v) is 18.8. The van der Waals surface area contributed by atoms with Crippen molar-refractivity contribution in [3.05, 3.63) is 194 Å². The second-order valence-corrected chi connectivity index (χ2v) is 14.0. The van der Waals surface area contributed by atoms with E-state index >= 15 is 0 Å². The van der Waals surface area contributed by atoms with E-state index in [0.29, 0.717) is 17.6 Å². The van der Waals surface area contributed by atoms with E-state index < -0.39 is 0 Å². The van der Waals surface area contributed by atoms with Crippen molar-refractivity contribution in [3.8, 4) is 62.1 Å². The normalized spacial score (nSPS) is 11.6. The molecule has 0 spiro atoms. The lowest BCUT2D eigenvalue weighted by Crippen LogP contribution is -2.06. The summed E-state index contributed by atoms with van der Waals surface area (Å²) in [6.45, 7) is 0. The molecule has 0 bridgehead atoms. The standard InChI is InChI=1S/C51H32N4O/c1-3-13-33(14-4-1)34-25-27-35(28-26-34)37-17-11-18-38(31-37)39-19-12-20-40(32-39)50-52-49(36-15-5-2-6-16-36)53-51(54-50)55-45-23-9-7-21-41(45)43-29-30-44-42-22-8-10-24-46(42)56-48(44)47(43)55/h1-32H. The Hall–Kier alpha value is -7.63. The van der Waals surface area contributed by atoms with Crippen LogP contribution < -0.4 is 0 Å². The largest absolute Gasteiger partial charge is 0.454 e. The fourth-order valence-corrected chi connectivity index (χ4v) is 7.95. The van der Waals surface area contributed by atoms with Gasteiger partial charge in [0, 0.05) is 32.7 Å². The predicted molar refractivity (Wildman–Crippen MR) is 229 cm³/mol. The summed E-state index contributed by atoms with van der Waals surface area (Å²) in [5, 5.41) is 4.31. The van der Waals surface area contributed by atoms with E-state index in [0.717, 1.165) is 71.6 Å². The highest BCUT2D eigenvalue weighted by atomic mass is 16.3. The van der Waals surface area contributed by atoms with Crippen molar-refractivity contribution < 1.29 is 4.42 Å². The van der Waals surface area contributed by atoms with E-state index in [2.05, 4.69) is 150 Å². The van der Waals surface area contributed by atoms with Crippen molar-refractivity contribution in [3.63, 3.8) is 0 Å². The Morgan fingerprint density at radius 3 is 1.57 bits per heavy atom. The fourth-order valence-electron chi connectivity index (χ4n) is 7.95. The van der Waals surface area contributed by atoms with Gasteiger partial charge in [0.1, 0.15) is 11.1 Å². The average molecular weight is 717 g/mol. The molecule has 0 saturated carbocycles. The first-order valence-electron chi connectivity index (χ1n) is 18.8. The van der Waals surface area contributed by atoms with Crippen molar-refractivity contribution in [2.45, 2.75) is 0 Å². The number of hydrogen-bond donors (Lipinski definition) is 0. The molecule has 3 aromatic heterocycles. The number of nitrogens with zero attached hydrogens (tertiary/aromatic N) is 4. The summed E-state index contributed by atoms with van der Waals surface area (Å²) in [7, 11) is 0. The second-order valence-electron chi connectivity index (χ2n) is 14.0. The van der Waals surface area contributed by atoms with Gasteiger partial charge in [-0.05, 0) is 63.7 Å². The van der Waals surface area contributed by atoms with Crippen LogP contribution in [0.15, 0.2) is 199 Å². The van der Waals surface area contributed by atoms with Crippen LogP contribution >= 0.6 is 0 Å². The molecule has 0 aliphatic rings. The van der Waals surface area contributed by atoms with Gasteiger partial charge in [0.2, 0.25) is 5.95 Å². The third-order valence-corrected chi connectivity index (χ3v) is 10.7. The van der Waals surface area contributed by atoms with Gasteiger partial charge in [-0.15, -0.1) is 0 Å². The Balaban J connectivity index is 1.07. The number of fused-ring (bicyclic) bond motifs is 7. The molecule has 0 N–H and O–H groups in total. The number of furan rings is 1. The molecule has 0 radical (unpaired) electrons. The van der Waals surface area contributed by atoms with Crippen LogP contribution in [0.4, 0.5) is 0 Å². The van der Waals surface area contributed by atoms with E-state index in [1.165, 1.54) is 16.7 Å². The lowest BCUT2D eigenvalue weighted by molar-refractivity contribution is 0.670. The van der Waals surface area contributed by atoms with Gasteiger partial charge in [0.05, 0.1) is 5.52 Å². The van der Waals surface area contributed by atoms with Crippen LogP contribution in [0.3, 0.4) is 0 Å². The monoisotopic (exact) mass is 716 g/mol. The summed E-state index contributed by atoms with van der Waals surface area (Å²) in [4.78, 5) is 15.6. The minimum atomic E-state index is 0.527. The molecule has 5 nitrogen and oxygen atoms in total. The Kier molecular flexibility index (Phi) is 7.42. The van der Waals surface area contributed by atoms with Gasteiger partial charge in [0.15, 0.2) is 17.2 Å². The topological polar surface area (TPSA) is 56.7 Å². The molecule has 0 aliphatic heterocycles. The number of hydrogen-bond acceptors (Lipinski definition) is 4. The molecule has 8 aromatic carbocycles. The van der Waals surface area contributed by atoms with Crippen LogP contribution in [-0.4, -0.2) is 19.5 Å². The maximum absolute atomic E-state index is 6.63. The van der Waals surface area contributed by atoms with Crippen LogP contribution in [0.25, 0.3) is 106 Å². The van der Waals surface area contributed by atoms with Crippen molar-refractivity contribution in [1.29, 1.82) is 0 Å². The van der Waals surface area contributed by atoms with Gasteiger partial charge in [0.25, 0.3) is 0 Å². The summed E-state index contributed by atoms with van der Waals surface area (Å²) in [6, 6.07) is 67.5. The van der Waals surface area contributed by atoms with Crippen LogP contribution in [-0.2, 0) is 0 Å². The van der Waals surface area contributed by atoms with Gasteiger partial charge in [-0.25, -0.2) is 4.98 Å². The van der Waals surface area contributed by atoms with Gasteiger partial charge in [-0.3, -0.25) is 4.57 Å². The minimum absolute atomic E-state index is 0.527. The van der Waals surface area contributed by atoms with Gasteiger partial charge >= 0.3 is 0 Å². The zero-order valence-electron chi connectivity index (χ0n) is 30.2. The summed E-state index contributed by atoms with van der Waals surface area (Å²) < 4.78 is 8.77. The molecule has 11 rings (SSSR count). The molecule has 0 saturated heterocycles. The maximum Gasteiger partial charge on any atom is 0.238 e. The van der Waals surface area contributed by atoms with Gasteiger partial charge in [-0.2, -0.15) is 9.97 Å². The molecule has 0 unspecified atom stereocenters. The Bertz CT molecular complexity index is 3240. The van der Waals surface area contributed by atoms with Crippen LogP contribution in [0.1, 0.15) is 0 Å². The fraction of sp³-hybridized carbons (Fsp3) is 0. The quantitative estimate of drug-likeness (QED) is 0.172. The van der Waals surface area contributed by atoms with E-state index in [4.69, 9.17) is 19.4 Å². The Morgan fingerprint density at radius 1 is 0.339 bits per heavy atom. The van der Waals surface area contributed by atoms with Crippen molar-refractivity contribution in [2.24, 2.45) is 0 Å². The molecule has 0 fully saturated rings. The second kappa shape index (κ2) is 13.0. The maximum atomic E-state index is 6.63. The third kappa shape index (κ3) is 5.37. The first kappa shape index (κ1) is 31.9. The first-order chi connectivity index (χ1) is 27.7. The molecule has 11 aromatic rings. The average Bonchev–Trinajstić information content (AvgIpc) is 3.83. The minimum Gasteiger partial charge on any atom is -0.454 e. The van der Waals surface area contributed by atoms with Gasteiger partial charge < -0.3 is 4.42 Å². The van der Waals surface area contributed by atoms with E-state index in [9.17, 15) is 0 Å². The molecule has 56 heavy (non-hydrogen) atoms. The Morgan fingerprint density at radius 2 is 0.839 bits per heavy atom. The number of para-hydroxylation sites is 2. The lowest BCUT2D eigenvalue weighted by atomic mass is 9.96. The van der Waals surface area contributed by atoms with Crippen LogP contribution in [0.2, 0.25) is 0 Å². The zero-order chi connectivity index (χ0) is 37.0. The zero-order valence-corrected chi connectivity index (χ0v) is 30.2. The summed E-state index contributed by atoms with van der Waals surface area (Å²) in [5.74, 6) is 1.71. The van der Waals surface area contributed by atoms with Crippen LogP contribution in [0.5, 0.6) is 0 Å². The molecule has 262 valence electrons. The molecule has 0 amide bonds. The van der Waals surface area contributed by atoms with E-state index in [1.54, 1.807) is 0 Å². The highest BCUT2D eigenvalue weighted by molar-refractivity contribution is 6.21. The van der Waals surface area contributed by atoms with Gasteiger partial charge in [-0.1, -0.05) is 164 Å². The number of benzene rings is 8. The van der Waals surface area contributed by atoms with E-state index in [-0.39, 0.29) is 0 Å². The third-order valence-electron chi connectivity index (χ3n) is 10.7. The van der Waals surface area contributed by atoms with Crippen LogP contribution in [0, 0.1) is 0 Å². The van der Waals surface area contributed by atoms with Crippen molar-refractivity contribution in [2.75, 3.05) is 0 Å². The molecule has 0 aliphatic carbocycles. The van der Waals surface area contributed by atoms with Crippen molar-refractivity contribution in [1.82, 2.24) is 19.5 Å². The summed E-state index contributed by atoms with van der Waals surface area (Å²) in [5.41, 5.74) is 12.3. The summed E-state index contributed by atoms with van der Waals surface area (Å²) in [6.07, 6.45) is 0. The highest BCUT2D eigenvalue weighted by Crippen LogP contribution is 2.40. The van der Waals surface area contributed by atoms with E-state index in [1.807, 2.05) is 48.5 Å². The molecule has 5 heteroatoms. The smallest absolute Gasteiger partial charge is 0.238 e. The molecular formula is C51H32N4O. The number of rotatable bonds is 6.